The fourth-order valence-electron chi connectivity index (χ4n) is 4.93. The van der Waals surface area contributed by atoms with E-state index in [4.69, 9.17) is 14.8 Å². The van der Waals surface area contributed by atoms with Crippen LogP contribution in [0.2, 0.25) is 0 Å². The molecule has 0 aliphatic carbocycles. The number of fused-ring (bicyclic) bond motifs is 1. The summed E-state index contributed by atoms with van der Waals surface area (Å²) in [6.45, 7) is 4.78. The Balaban J connectivity index is 1.49. The second kappa shape index (κ2) is 8.33. The molecule has 1 aromatic carbocycles. The van der Waals surface area contributed by atoms with Gasteiger partial charge in [0.1, 0.15) is 5.82 Å². The largest absolute Gasteiger partial charge is 0.504 e. The van der Waals surface area contributed by atoms with E-state index in [-0.39, 0.29) is 23.3 Å². The van der Waals surface area contributed by atoms with Crippen LogP contribution in [0.5, 0.6) is 11.5 Å². The SMILES string of the molecule is COc1cccc(C(=O)N2CCCCC2c2cc3nc(N4CCCC4)c(C)cn3n2)c1O. The van der Waals surface area contributed by atoms with Gasteiger partial charge in [-0.25, -0.2) is 9.50 Å². The zero-order valence-electron chi connectivity index (χ0n) is 18.6. The van der Waals surface area contributed by atoms with Gasteiger partial charge in [0.05, 0.1) is 24.4 Å². The average Bonchev–Trinajstić information content (AvgIpc) is 3.48. The molecule has 2 saturated heterocycles. The zero-order chi connectivity index (χ0) is 22.2. The fourth-order valence-corrected chi connectivity index (χ4v) is 4.93. The number of nitrogens with zero attached hydrogens (tertiary/aromatic N) is 5. The van der Waals surface area contributed by atoms with E-state index in [1.807, 2.05) is 21.7 Å². The van der Waals surface area contributed by atoms with Gasteiger partial charge in [-0.15, -0.1) is 0 Å². The van der Waals surface area contributed by atoms with E-state index in [0.29, 0.717) is 12.3 Å². The number of aromatic hydroxyl groups is 1. The number of benzene rings is 1. The number of likely N-dealkylation sites (tertiary alicyclic amines) is 1. The van der Waals surface area contributed by atoms with E-state index in [9.17, 15) is 9.90 Å². The summed E-state index contributed by atoms with van der Waals surface area (Å²) in [6, 6.07) is 6.86. The van der Waals surface area contributed by atoms with Crippen LogP contribution < -0.4 is 9.64 Å². The van der Waals surface area contributed by atoms with Crippen LogP contribution in [-0.2, 0) is 0 Å². The number of anilines is 1. The fraction of sp³-hybridized carbons (Fsp3) is 0.458. The van der Waals surface area contributed by atoms with Gasteiger partial charge in [0.15, 0.2) is 17.1 Å². The van der Waals surface area contributed by atoms with Crippen LogP contribution in [0.15, 0.2) is 30.5 Å². The first-order valence-corrected chi connectivity index (χ1v) is 11.4. The van der Waals surface area contributed by atoms with Gasteiger partial charge in [-0.05, 0) is 51.2 Å². The number of rotatable bonds is 4. The molecule has 1 atom stereocenters. The number of carbonyl (C=O) groups is 1. The molecule has 2 aromatic heterocycles. The van der Waals surface area contributed by atoms with Gasteiger partial charge in [0.25, 0.3) is 5.91 Å². The molecule has 32 heavy (non-hydrogen) atoms. The second-order valence-corrected chi connectivity index (χ2v) is 8.68. The maximum Gasteiger partial charge on any atom is 0.258 e. The Morgan fingerprint density at radius 2 is 1.94 bits per heavy atom. The smallest absolute Gasteiger partial charge is 0.258 e. The molecule has 2 aliphatic heterocycles. The number of methoxy groups -OCH3 is 1. The number of hydrogen-bond acceptors (Lipinski definition) is 6. The standard InChI is InChI=1S/C24H29N5O3/c1-16-15-29-21(25-23(16)27-11-5-6-12-27)14-18(26-29)19-9-3-4-13-28(19)24(31)17-8-7-10-20(32-2)22(17)30/h7-8,10,14-15,19,30H,3-6,9,11-13H2,1-2H3. The highest BCUT2D eigenvalue weighted by Gasteiger charge is 2.32. The van der Waals surface area contributed by atoms with Crippen LogP contribution in [-0.4, -0.2) is 57.3 Å². The minimum Gasteiger partial charge on any atom is -0.504 e. The molecule has 1 unspecified atom stereocenters. The van der Waals surface area contributed by atoms with Gasteiger partial charge in [-0.3, -0.25) is 4.79 Å². The number of piperidine rings is 1. The molecule has 0 saturated carbocycles. The van der Waals surface area contributed by atoms with E-state index >= 15 is 0 Å². The molecule has 2 aliphatic rings. The first-order chi connectivity index (χ1) is 15.6. The van der Waals surface area contributed by atoms with Crippen molar-refractivity contribution in [3.05, 3.63) is 47.3 Å². The highest BCUT2D eigenvalue weighted by molar-refractivity contribution is 5.98. The first kappa shape index (κ1) is 20.6. The topological polar surface area (TPSA) is 83.2 Å². The maximum atomic E-state index is 13.4. The molecule has 3 aromatic rings. The van der Waals surface area contributed by atoms with E-state index in [0.717, 1.165) is 55.1 Å². The molecule has 1 amide bonds. The van der Waals surface area contributed by atoms with Crippen molar-refractivity contribution in [2.45, 2.75) is 45.1 Å². The molecule has 2 fully saturated rings. The van der Waals surface area contributed by atoms with Gasteiger partial charge in [-0.2, -0.15) is 5.10 Å². The summed E-state index contributed by atoms with van der Waals surface area (Å²) in [5, 5.41) is 15.3. The lowest BCUT2D eigenvalue weighted by atomic mass is 9.98. The number of phenols is 1. The number of carbonyl (C=O) groups excluding carboxylic acids is 1. The van der Waals surface area contributed by atoms with Crippen LogP contribution in [0.3, 0.4) is 0 Å². The predicted molar refractivity (Wildman–Crippen MR) is 121 cm³/mol. The minimum atomic E-state index is -0.204. The number of para-hydroxylation sites is 1. The highest BCUT2D eigenvalue weighted by Crippen LogP contribution is 2.36. The third kappa shape index (κ3) is 3.53. The maximum absolute atomic E-state index is 13.4. The number of amides is 1. The third-order valence-electron chi connectivity index (χ3n) is 6.58. The summed E-state index contributed by atoms with van der Waals surface area (Å²) in [6.07, 6.45) is 7.22. The summed E-state index contributed by atoms with van der Waals surface area (Å²) >= 11 is 0. The molecule has 1 N–H and O–H groups in total. The lowest BCUT2D eigenvalue weighted by molar-refractivity contribution is 0.0602. The summed E-state index contributed by atoms with van der Waals surface area (Å²) < 4.78 is 7.01. The molecule has 0 radical (unpaired) electrons. The van der Waals surface area contributed by atoms with Crippen LogP contribution in [0.25, 0.3) is 5.65 Å². The van der Waals surface area contributed by atoms with Crippen LogP contribution in [0.4, 0.5) is 5.82 Å². The molecule has 0 bridgehead atoms. The molecule has 168 valence electrons. The Bertz CT molecular complexity index is 1150. The normalized spacial score (nSPS) is 19.0. The van der Waals surface area contributed by atoms with Crippen LogP contribution in [0, 0.1) is 6.92 Å². The lowest BCUT2D eigenvalue weighted by Crippen LogP contribution is -2.38. The van der Waals surface area contributed by atoms with Crippen molar-refractivity contribution in [3.63, 3.8) is 0 Å². The van der Waals surface area contributed by atoms with Crippen molar-refractivity contribution in [1.82, 2.24) is 19.5 Å². The van der Waals surface area contributed by atoms with Gasteiger partial charge in [-0.1, -0.05) is 6.07 Å². The van der Waals surface area contributed by atoms with Crippen molar-refractivity contribution in [1.29, 1.82) is 0 Å². The average molecular weight is 436 g/mol. The van der Waals surface area contributed by atoms with Crippen LogP contribution >= 0.6 is 0 Å². The van der Waals surface area contributed by atoms with Crippen molar-refractivity contribution < 1.29 is 14.6 Å². The minimum absolute atomic E-state index is 0.119. The molecule has 4 heterocycles. The van der Waals surface area contributed by atoms with Crippen molar-refractivity contribution in [3.8, 4) is 11.5 Å². The van der Waals surface area contributed by atoms with E-state index in [1.54, 1.807) is 18.2 Å². The Labute approximate surface area is 187 Å². The predicted octanol–water partition coefficient (Wildman–Crippen LogP) is 3.72. The number of hydrogen-bond donors (Lipinski definition) is 1. The molecule has 8 heteroatoms. The lowest BCUT2D eigenvalue weighted by Gasteiger charge is -2.35. The quantitative estimate of drug-likeness (QED) is 0.673. The molecule has 5 rings (SSSR count). The van der Waals surface area contributed by atoms with Gasteiger partial charge < -0.3 is 19.6 Å². The van der Waals surface area contributed by atoms with Gasteiger partial charge >= 0.3 is 0 Å². The molecule has 8 nitrogen and oxygen atoms in total. The molecule has 0 spiro atoms. The van der Waals surface area contributed by atoms with Gasteiger partial charge in [0, 0.05) is 37.5 Å². The Morgan fingerprint density at radius 3 is 2.72 bits per heavy atom. The van der Waals surface area contributed by atoms with Crippen molar-refractivity contribution >= 4 is 17.4 Å². The number of aryl methyl sites for hydroxylation is 1. The number of aromatic nitrogens is 3. The highest BCUT2D eigenvalue weighted by atomic mass is 16.5. The van der Waals surface area contributed by atoms with Crippen molar-refractivity contribution in [2.75, 3.05) is 31.6 Å². The Hall–Kier alpha value is -3.29. The number of ether oxygens (including phenoxy) is 1. The molecular weight excluding hydrogens is 406 g/mol. The zero-order valence-corrected chi connectivity index (χ0v) is 18.6. The molecular formula is C24H29N5O3. The second-order valence-electron chi connectivity index (χ2n) is 8.68. The van der Waals surface area contributed by atoms with E-state index < -0.39 is 0 Å². The van der Waals surface area contributed by atoms with Gasteiger partial charge in [0.2, 0.25) is 0 Å². The van der Waals surface area contributed by atoms with Crippen molar-refractivity contribution in [2.24, 2.45) is 0 Å². The Kier molecular flexibility index (Phi) is 5.36. The summed E-state index contributed by atoms with van der Waals surface area (Å²) in [4.78, 5) is 22.5. The summed E-state index contributed by atoms with van der Waals surface area (Å²) in [5.41, 5.74) is 3.00. The first-order valence-electron chi connectivity index (χ1n) is 11.4. The monoisotopic (exact) mass is 435 g/mol. The third-order valence-corrected chi connectivity index (χ3v) is 6.58. The van der Waals surface area contributed by atoms with E-state index in [1.165, 1.54) is 20.0 Å². The number of phenolic OH excluding ortho intramolecular Hbond substituents is 1. The van der Waals surface area contributed by atoms with Crippen LogP contribution in [0.1, 0.15) is 59.8 Å². The summed E-state index contributed by atoms with van der Waals surface area (Å²) in [7, 11) is 1.48. The Morgan fingerprint density at radius 1 is 1.16 bits per heavy atom. The van der Waals surface area contributed by atoms with E-state index in [2.05, 4.69) is 11.8 Å². The summed E-state index contributed by atoms with van der Waals surface area (Å²) in [5.74, 6) is 1.00.